The zero-order valence-corrected chi connectivity index (χ0v) is 26.2. The van der Waals surface area contributed by atoms with Crippen LogP contribution < -0.4 is 0 Å². The zero-order valence-electron chi connectivity index (χ0n) is 26.2. The summed E-state index contributed by atoms with van der Waals surface area (Å²) in [5, 5.41) is 8.42. The van der Waals surface area contributed by atoms with Crippen LogP contribution in [0.2, 0.25) is 0 Å². The van der Waals surface area contributed by atoms with E-state index in [-0.39, 0.29) is 0 Å². The monoisotopic (exact) mass is 611 g/mol. The topological polar surface area (TPSA) is 38.7 Å². The molecule has 0 aliphatic heterocycles. The molecule has 0 bridgehead atoms. The third kappa shape index (κ3) is 4.18. The van der Waals surface area contributed by atoms with Gasteiger partial charge >= 0.3 is 0 Å². The fourth-order valence-corrected chi connectivity index (χ4v) is 7.57. The Hall–Kier alpha value is -6.19. The van der Waals surface area contributed by atoms with E-state index in [0.29, 0.717) is 0 Å². The first kappa shape index (κ1) is 27.0. The van der Waals surface area contributed by atoms with E-state index < -0.39 is 0 Å². The summed E-state index contributed by atoms with van der Waals surface area (Å²) in [4.78, 5) is 15.8. The van der Waals surface area contributed by atoms with Crippen LogP contribution in [0.3, 0.4) is 0 Å². The summed E-state index contributed by atoms with van der Waals surface area (Å²) in [6, 6.07) is 49.4. The second-order valence-corrected chi connectivity index (χ2v) is 12.7. The smallest absolute Gasteiger partial charge is 0.0972 e. The van der Waals surface area contributed by atoms with Gasteiger partial charge in [0.05, 0.1) is 33.6 Å². The molecule has 0 spiro atoms. The molecule has 3 nitrogen and oxygen atoms in total. The Morgan fingerprint density at radius 1 is 0.417 bits per heavy atom. The SMILES string of the molecule is C1=Cc2c(c3nc(-c4ccc(-c5ccc6ccc7ccc(-c8ccccc8)nc7c6n5)cc4)c4ccccc4c3c3ccccc23)CC1. The average molecular weight is 612 g/mol. The minimum Gasteiger partial charge on any atom is -0.247 e. The van der Waals surface area contributed by atoms with Crippen molar-refractivity contribution in [2.75, 3.05) is 0 Å². The van der Waals surface area contributed by atoms with Crippen LogP contribution in [0, 0.1) is 0 Å². The van der Waals surface area contributed by atoms with Gasteiger partial charge in [-0.25, -0.2) is 15.0 Å². The molecule has 0 fully saturated rings. The van der Waals surface area contributed by atoms with Crippen molar-refractivity contribution in [3.8, 4) is 33.8 Å². The molecule has 0 saturated heterocycles. The highest BCUT2D eigenvalue weighted by atomic mass is 14.8. The van der Waals surface area contributed by atoms with E-state index in [0.717, 1.165) is 73.9 Å². The summed E-state index contributed by atoms with van der Waals surface area (Å²) in [6.07, 6.45) is 6.63. The number of pyridine rings is 3. The van der Waals surface area contributed by atoms with Gasteiger partial charge in [0.1, 0.15) is 0 Å². The van der Waals surface area contributed by atoms with E-state index >= 15 is 0 Å². The summed E-state index contributed by atoms with van der Waals surface area (Å²) in [5.74, 6) is 0. The molecule has 224 valence electrons. The number of fused-ring (bicyclic) bond motifs is 11. The van der Waals surface area contributed by atoms with Crippen LogP contribution in [0.15, 0.2) is 146 Å². The van der Waals surface area contributed by atoms with Crippen molar-refractivity contribution in [1.29, 1.82) is 0 Å². The average Bonchev–Trinajstić information content (AvgIpc) is 3.17. The van der Waals surface area contributed by atoms with Gasteiger partial charge in [-0.3, -0.25) is 0 Å². The molecule has 0 saturated carbocycles. The van der Waals surface area contributed by atoms with Crippen molar-refractivity contribution in [2.24, 2.45) is 0 Å². The van der Waals surface area contributed by atoms with Gasteiger partial charge in [-0.15, -0.1) is 0 Å². The first-order chi connectivity index (χ1) is 23.8. The van der Waals surface area contributed by atoms with Crippen molar-refractivity contribution in [1.82, 2.24) is 15.0 Å². The maximum Gasteiger partial charge on any atom is 0.0972 e. The van der Waals surface area contributed by atoms with Gasteiger partial charge in [0, 0.05) is 38.2 Å². The Labute approximate surface area is 277 Å². The van der Waals surface area contributed by atoms with E-state index in [4.69, 9.17) is 15.0 Å². The highest BCUT2D eigenvalue weighted by Gasteiger charge is 2.20. The summed E-state index contributed by atoms with van der Waals surface area (Å²) in [7, 11) is 0. The Bertz CT molecular complexity index is 2760. The number of hydrogen-bond donors (Lipinski definition) is 0. The molecule has 0 amide bonds. The van der Waals surface area contributed by atoms with Crippen LogP contribution in [0.1, 0.15) is 17.5 Å². The van der Waals surface area contributed by atoms with E-state index in [1.165, 1.54) is 38.1 Å². The van der Waals surface area contributed by atoms with E-state index in [2.05, 4.69) is 133 Å². The van der Waals surface area contributed by atoms with Crippen molar-refractivity contribution < 1.29 is 0 Å². The van der Waals surface area contributed by atoms with E-state index in [1.54, 1.807) is 0 Å². The number of aryl methyl sites for hydroxylation is 1. The molecule has 1 aliphatic rings. The maximum absolute atomic E-state index is 5.49. The van der Waals surface area contributed by atoms with Gasteiger partial charge in [-0.05, 0) is 52.3 Å². The predicted octanol–water partition coefficient (Wildman–Crippen LogP) is 11.6. The summed E-state index contributed by atoms with van der Waals surface area (Å²) < 4.78 is 0. The van der Waals surface area contributed by atoms with Gasteiger partial charge in [0.25, 0.3) is 0 Å². The van der Waals surface area contributed by atoms with Gasteiger partial charge in [-0.2, -0.15) is 0 Å². The van der Waals surface area contributed by atoms with Crippen LogP contribution in [-0.2, 0) is 6.42 Å². The molecule has 10 rings (SSSR count). The third-order valence-corrected chi connectivity index (χ3v) is 9.90. The summed E-state index contributed by atoms with van der Waals surface area (Å²) in [5.41, 5.74) is 11.8. The molecule has 6 aromatic carbocycles. The minimum absolute atomic E-state index is 0.917. The van der Waals surface area contributed by atoms with Gasteiger partial charge in [-0.1, -0.05) is 140 Å². The first-order valence-corrected chi connectivity index (χ1v) is 16.6. The normalized spacial score (nSPS) is 12.8. The standard InChI is InChI=1S/C45H29N3/c1-2-10-28(11-3-1)39-26-24-31-22-23-32-25-27-40(47-44(32)43(31)46-39)29-18-20-30(21-19-29)42-38-17-9-7-15-36(38)41-35-14-6-4-12-33(35)34-13-5-8-16-37(34)45(41)48-42/h1-7,9-15,17-27H,8,16H2. The molecule has 9 aromatic rings. The van der Waals surface area contributed by atoms with Crippen molar-refractivity contribution in [3.63, 3.8) is 0 Å². The molecule has 0 atom stereocenters. The molecule has 1 aliphatic carbocycles. The summed E-state index contributed by atoms with van der Waals surface area (Å²) >= 11 is 0. The third-order valence-electron chi connectivity index (χ3n) is 9.90. The largest absolute Gasteiger partial charge is 0.247 e. The van der Waals surface area contributed by atoms with Crippen LogP contribution in [-0.4, -0.2) is 15.0 Å². The lowest BCUT2D eigenvalue weighted by Crippen LogP contribution is -2.01. The van der Waals surface area contributed by atoms with Crippen molar-refractivity contribution in [3.05, 3.63) is 157 Å². The minimum atomic E-state index is 0.917. The number of aromatic nitrogens is 3. The molecular weight excluding hydrogens is 583 g/mol. The maximum atomic E-state index is 5.49. The quantitative estimate of drug-likeness (QED) is 0.187. The molecule has 0 radical (unpaired) electrons. The molecule has 3 aromatic heterocycles. The second kappa shape index (κ2) is 10.7. The number of benzene rings is 6. The molecule has 48 heavy (non-hydrogen) atoms. The van der Waals surface area contributed by atoms with Crippen molar-refractivity contribution in [2.45, 2.75) is 12.8 Å². The van der Waals surface area contributed by atoms with Gasteiger partial charge in [0.15, 0.2) is 0 Å². The van der Waals surface area contributed by atoms with Crippen LogP contribution in [0.4, 0.5) is 0 Å². The lowest BCUT2D eigenvalue weighted by Gasteiger charge is -2.20. The number of rotatable bonds is 3. The first-order valence-electron chi connectivity index (χ1n) is 16.6. The Kier molecular flexibility index (Phi) is 6.00. The molecule has 3 heterocycles. The second-order valence-electron chi connectivity index (χ2n) is 12.7. The van der Waals surface area contributed by atoms with Crippen LogP contribution in [0.5, 0.6) is 0 Å². The Morgan fingerprint density at radius 2 is 0.958 bits per heavy atom. The Morgan fingerprint density at radius 3 is 1.65 bits per heavy atom. The lowest BCUT2D eigenvalue weighted by molar-refractivity contribution is 0.996. The highest BCUT2D eigenvalue weighted by Crippen LogP contribution is 2.42. The zero-order chi connectivity index (χ0) is 31.6. The molecule has 0 N–H and O–H groups in total. The van der Waals surface area contributed by atoms with Gasteiger partial charge in [0.2, 0.25) is 0 Å². The molecular formula is C45H29N3. The highest BCUT2D eigenvalue weighted by molar-refractivity contribution is 6.23. The summed E-state index contributed by atoms with van der Waals surface area (Å²) in [6.45, 7) is 0. The Balaban J connectivity index is 1.12. The number of nitrogens with zero attached hydrogens (tertiary/aromatic N) is 3. The predicted molar refractivity (Wildman–Crippen MR) is 201 cm³/mol. The van der Waals surface area contributed by atoms with Crippen molar-refractivity contribution >= 4 is 60.3 Å². The molecule has 3 heteroatoms. The molecule has 0 unspecified atom stereocenters. The van der Waals surface area contributed by atoms with Crippen LogP contribution in [0.25, 0.3) is 94.1 Å². The van der Waals surface area contributed by atoms with E-state index in [1.807, 2.05) is 18.2 Å². The number of allylic oxidation sites excluding steroid dienone is 1. The lowest BCUT2D eigenvalue weighted by atomic mass is 9.86. The number of hydrogen-bond acceptors (Lipinski definition) is 3. The fraction of sp³-hybridized carbons (Fsp3) is 0.0444. The van der Waals surface area contributed by atoms with E-state index in [9.17, 15) is 0 Å². The fourth-order valence-electron chi connectivity index (χ4n) is 7.57. The van der Waals surface area contributed by atoms with Gasteiger partial charge < -0.3 is 0 Å². The van der Waals surface area contributed by atoms with Crippen LogP contribution >= 0.6 is 0 Å².